The van der Waals surface area contributed by atoms with Gasteiger partial charge in [-0.15, -0.1) is 0 Å². The average Bonchev–Trinajstić information content (AvgIpc) is 2.52. The second kappa shape index (κ2) is 15.9. The minimum Gasteiger partial charge on any atom is -0.805 e. The standard InChI is InChI=1S/2C6H14N2.CH4O7P2.2Pt/c2*7-5-3-1-2-4-6(5)8;2-1(9(3,4)5)10(6,7)8;;/h2*5-6H,1-4,7-8H2;(H2,3,4,5)(H2,6,7,8);;/q;;;2*+4/p-4/t5-,6?;5-,6+;;;/m1..../s1. The fourth-order valence-corrected chi connectivity index (χ4v) is 3.73. The molecular formula is C13H28N4O7P2Pt2+4. The van der Waals surface area contributed by atoms with Crippen molar-refractivity contribution < 1.29 is 75.6 Å². The maximum Gasteiger partial charge on any atom is 4.00 e. The van der Waals surface area contributed by atoms with Gasteiger partial charge in [0.15, 0.2) is 5.27 Å². The van der Waals surface area contributed by atoms with Gasteiger partial charge in [0, 0.05) is 39.4 Å². The van der Waals surface area contributed by atoms with E-state index >= 15 is 0 Å². The maximum absolute atomic E-state index is 9.71. The number of hydrogen-bond donors (Lipinski definition) is 4. The molecule has 0 radical (unpaired) electrons. The molecule has 4 atom stereocenters. The first-order valence-electron chi connectivity index (χ1n) is 8.38. The molecule has 2 saturated carbocycles. The molecule has 2 rings (SSSR count). The minimum atomic E-state index is -5.91. The van der Waals surface area contributed by atoms with Crippen LogP contribution in [0.15, 0.2) is 0 Å². The van der Waals surface area contributed by atoms with E-state index in [0.717, 1.165) is 25.7 Å². The van der Waals surface area contributed by atoms with E-state index in [1.54, 1.807) is 0 Å². The van der Waals surface area contributed by atoms with Crippen molar-refractivity contribution in [1.82, 2.24) is 0 Å². The summed E-state index contributed by atoms with van der Waals surface area (Å²) in [6, 6.07) is 1.12. The molecule has 11 nitrogen and oxygen atoms in total. The van der Waals surface area contributed by atoms with Crippen LogP contribution < -0.4 is 42.5 Å². The molecule has 28 heavy (non-hydrogen) atoms. The molecule has 2 aliphatic rings. The van der Waals surface area contributed by atoms with Crippen molar-refractivity contribution in [2.45, 2.75) is 75.5 Å². The van der Waals surface area contributed by atoms with Crippen LogP contribution in [0.3, 0.4) is 0 Å². The van der Waals surface area contributed by atoms with Crippen LogP contribution in [0.1, 0.15) is 51.4 Å². The zero-order valence-electron chi connectivity index (χ0n) is 15.2. The van der Waals surface area contributed by atoms with Crippen LogP contribution in [0, 0.1) is 0 Å². The van der Waals surface area contributed by atoms with Crippen molar-refractivity contribution in [3.8, 4) is 0 Å². The molecule has 1 unspecified atom stereocenters. The molecule has 0 heterocycles. The van der Waals surface area contributed by atoms with Gasteiger partial charge >= 0.3 is 42.1 Å². The third-order valence-electron chi connectivity index (χ3n) is 4.22. The van der Waals surface area contributed by atoms with Gasteiger partial charge in [0.05, 0.1) is 0 Å². The van der Waals surface area contributed by atoms with Crippen LogP contribution in [-0.2, 0) is 51.3 Å². The molecule has 0 saturated heterocycles. The van der Waals surface area contributed by atoms with Gasteiger partial charge in [0.2, 0.25) is 0 Å². The second-order valence-corrected chi connectivity index (χ2v) is 9.66. The molecular weight excluding hydrogens is 776 g/mol. The van der Waals surface area contributed by atoms with Crippen molar-refractivity contribution in [3.05, 3.63) is 0 Å². The Kier molecular flexibility index (Phi) is 19.2. The summed E-state index contributed by atoms with van der Waals surface area (Å²) >= 11 is 0. The van der Waals surface area contributed by atoms with Gasteiger partial charge in [-0.2, -0.15) is 0 Å². The molecule has 8 N–H and O–H groups in total. The Bertz CT molecular complexity index is 471. The van der Waals surface area contributed by atoms with E-state index < -0.39 is 20.5 Å². The molecule has 168 valence electrons. The molecule has 2 aliphatic carbocycles. The molecule has 0 amide bonds. The first kappa shape index (κ1) is 33.8. The molecule has 0 aromatic heterocycles. The van der Waals surface area contributed by atoms with E-state index in [0.29, 0.717) is 0 Å². The minimum absolute atomic E-state index is 0. The molecule has 0 spiro atoms. The number of carbonyl (C=O) groups excluding carboxylic acids is 1. The van der Waals surface area contributed by atoms with Gasteiger partial charge in [-0.05, 0) is 25.7 Å². The summed E-state index contributed by atoms with van der Waals surface area (Å²) in [6.45, 7) is 0. The Hall–Kier alpha value is 1.19. The molecule has 2 fully saturated rings. The van der Waals surface area contributed by atoms with Crippen LogP contribution in [0.25, 0.3) is 0 Å². The quantitative estimate of drug-likeness (QED) is 0.210. The average molecular weight is 804 g/mol. The van der Waals surface area contributed by atoms with E-state index in [9.17, 15) is 33.5 Å². The normalized spacial score (nSPS) is 27.4. The van der Waals surface area contributed by atoms with E-state index in [-0.39, 0.29) is 66.3 Å². The number of hydrogen-bond acceptors (Lipinski definition) is 11. The second-order valence-electron chi connectivity index (χ2n) is 6.50. The predicted molar refractivity (Wildman–Crippen MR) is 89.4 cm³/mol. The van der Waals surface area contributed by atoms with Gasteiger partial charge < -0.3 is 51.6 Å². The first-order valence-corrected chi connectivity index (χ1v) is 11.5. The summed E-state index contributed by atoms with van der Waals surface area (Å²) in [5.74, 6) is 0. The molecule has 15 heteroatoms. The third kappa shape index (κ3) is 15.1. The van der Waals surface area contributed by atoms with Gasteiger partial charge in [-0.1, -0.05) is 25.7 Å². The van der Waals surface area contributed by atoms with Crippen LogP contribution in [0.2, 0.25) is 0 Å². The van der Waals surface area contributed by atoms with Crippen LogP contribution in [0.4, 0.5) is 4.79 Å². The Morgan fingerprint density at radius 1 is 0.607 bits per heavy atom. The van der Waals surface area contributed by atoms with E-state index in [2.05, 4.69) is 0 Å². The SMILES string of the molecule is NC1CCCC[C@H]1N.N[C@@H]1CCCC[C@@H]1N.O=C(P(=O)([O-])[O-])P(=O)([O-])[O-].[Pt+4].[Pt+4]. The van der Waals surface area contributed by atoms with Crippen LogP contribution in [-0.4, -0.2) is 29.4 Å². The number of carbonyl (C=O) groups is 1. The fraction of sp³-hybridized carbons (Fsp3) is 0.923. The maximum atomic E-state index is 9.71. The largest absolute Gasteiger partial charge is 4.00 e. The van der Waals surface area contributed by atoms with Crippen molar-refractivity contribution in [3.63, 3.8) is 0 Å². The zero-order chi connectivity index (χ0) is 20.5. The van der Waals surface area contributed by atoms with Crippen molar-refractivity contribution in [2.24, 2.45) is 22.9 Å². The summed E-state index contributed by atoms with van der Waals surface area (Å²) < 4.78 is 19.1. The van der Waals surface area contributed by atoms with Crippen LogP contribution >= 0.6 is 15.2 Å². The summed E-state index contributed by atoms with van der Waals surface area (Å²) in [4.78, 5) is 47.8. The van der Waals surface area contributed by atoms with Gasteiger partial charge in [-0.3, -0.25) is 4.79 Å². The Balaban J connectivity index is -0.000000325. The summed E-state index contributed by atoms with van der Waals surface area (Å²) in [5.41, 5.74) is 22.6. The fourth-order valence-electron chi connectivity index (χ4n) is 2.53. The van der Waals surface area contributed by atoms with Crippen molar-refractivity contribution in [2.75, 3.05) is 0 Å². The Labute approximate surface area is 194 Å². The van der Waals surface area contributed by atoms with E-state index in [4.69, 9.17) is 22.9 Å². The van der Waals surface area contributed by atoms with Gasteiger partial charge in [0.1, 0.15) is 0 Å². The zero-order valence-corrected chi connectivity index (χ0v) is 21.5. The molecule has 0 aliphatic heterocycles. The van der Waals surface area contributed by atoms with Crippen molar-refractivity contribution in [1.29, 1.82) is 0 Å². The molecule has 0 aromatic carbocycles. The smallest absolute Gasteiger partial charge is 0.805 e. The predicted octanol–water partition coefficient (Wildman–Crippen LogP) is -2.64. The Morgan fingerprint density at radius 2 is 0.786 bits per heavy atom. The topological polar surface area (TPSA) is 248 Å². The summed E-state index contributed by atoms with van der Waals surface area (Å²) in [6.07, 6.45) is 9.60. The van der Waals surface area contributed by atoms with Crippen molar-refractivity contribution >= 4 is 20.5 Å². The first-order chi connectivity index (χ1) is 11.8. The molecule has 0 bridgehead atoms. The van der Waals surface area contributed by atoms with Crippen LogP contribution in [0.5, 0.6) is 0 Å². The summed E-state index contributed by atoms with van der Waals surface area (Å²) in [5, 5.41) is -2.79. The summed E-state index contributed by atoms with van der Waals surface area (Å²) in [7, 11) is -11.8. The number of rotatable bonds is 2. The molecule has 0 aromatic rings. The number of nitrogens with two attached hydrogens (primary N) is 4. The monoisotopic (exact) mass is 804 g/mol. The Morgan fingerprint density at radius 3 is 0.857 bits per heavy atom. The van der Waals surface area contributed by atoms with Gasteiger partial charge in [0.25, 0.3) is 0 Å². The third-order valence-corrected chi connectivity index (χ3v) is 6.63. The van der Waals surface area contributed by atoms with E-state index in [1.165, 1.54) is 25.7 Å². The van der Waals surface area contributed by atoms with E-state index in [1.807, 2.05) is 0 Å². The van der Waals surface area contributed by atoms with Gasteiger partial charge in [-0.25, -0.2) is 0 Å².